The lowest BCUT2D eigenvalue weighted by Crippen LogP contribution is -2.52. The summed E-state index contributed by atoms with van der Waals surface area (Å²) in [6.07, 6.45) is 5.65. The van der Waals surface area contributed by atoms with E-state index in [-0.39, 0.29) is 0 Å². The highest BCUT2D eigenvalue weighted by molar-refractivity contribution is 5.40. The van der Waals surface area contributed by atoms with Crippen LogP contribution in [0.4, 0.5) is 0 Å². The van der Waals surface area contributed by atoms with E-state index in [1.807, 2.05) is 12.1 Å². The van der Waals surface area contributed by atoms with Crippen molar-refractivity contribution < 1.29 is 9.47 Å². The fraction of sp³-hybridized carbons (Fsp3) is 0.700. The minimum Gasteiger partial charge on any atom is -0.497 e. The first-order valence-corrected chi connectivity index (χ1v) is 9.38. The van der Waals surface area contributed by atoms with Crippen molar-refractivity contribution in [2.24, 2.45) is 5.92 Å². The van der Waals surface area contributed by atoms with E-state index in [0.29, 0.717) is 0 Å². The number of hydrogen-bond acceptors (Lipinski definition) is 4. The van der Waals surface area contributed by atoms with E-state index < -0.39 is 0 Å². The van der Waals surface area contributed by atoms with Gasteiger partial charge < -0.3 is 9.47 Å². The predicted molar refractivity (Wildman–Crippen MR) is 97.8 cm³/mol. The monoisotopic (exact) mass is 332 g/mol. The summed E-state index contributed by atoms with van der Waals surface area (Å²) in [5.41, 5.74) is 1.25. The SMILES string of the molecule is COc1ccc(CN2CCN(C3CCCCC3C)CC2)c(OC)c1. The highest BCUT2D eigenvalue weighted by Crippen LogP contribution is 2.30. The molecule has 24 heavy (non-hydrogen) atoms. The van der Waals surface area contributed by atoms with Crippen LogP contribution in [-0.2, 0) is 6.54 Å². The van der Waals surface area contributed by atoms with Gasteiger partial charge in [0.2, 0.25) is 0 Å². The van der Waals surface area contributed by atoms with E-state index >= 15 is 0 Å². The number of rotatable bonds is 5. The second-order valence-corrected chi connectivity index (χ2v) is 7.32. The maximum absolute atomic E-state index is 5.54. The van der Waals surface area contributed by atoms with Gasteiger partial charge in [0.25, 0.3) is 0 Å². The van der Waals surface area contributed by atoms with Crippen LogP contribution in [0.1, 0.15) is 38.2 Å². The third-order valence-corrected chi connectivity index (χ3v) is 5.83. The Kier molecular flexibility index (Phi) is 6.01. The van der Waals surface area contributed by atoms with Gasteiger partial charge in [-0.3, -0.25) is 9.80 Å². The Labute approximate surface area is 146 Å². The zero-order chi connectivity index (χ0) is 16.9. The van der Waals surface area contributed by atoms with Gasteiger partial charge in [0, 0.05) is 50.4 Å². The van der Waals surface area contributed by atoms with E-state index in [9.17, 15) is 0 Å². The normalized spacial score (nSPS) is 26.3. The van der Waals surface area contributed by atoms with Crippen molar-refractivity contribution in [3.63, 3.8) is 0 Å². The zero-order valence-corrected chi connectivity index (χ0v) is 15.5. The van der Waals surface area contributed by atoms with Crippen molar-refractivity contribution in [1.82, 2.24) is 9.80 Å². The average molecular weight is 332 g/mol. The Hall–Kier alpha value is -1.26. The number of benzene rings is 1. The van der Waals surface area contributed by atoms with Gasteiger partial charge in [-0.15, -0.1) is 0 Å². The van der Waals surface area contributed by atoms with Crippen LogP contribution in [0.15, 0.2) is 18.2 Å². The number of piperazine rings is 1. The zero-order valence-electron chi connectivity index (χ0n) is 15.5. The third kappa shape index (κ3) is 4.04. The molecule has 1 aliphatic heterocycles. The fourth-order valence-corrected chi connectivity index (χ4v) is 4.32. The molecule has 1 aromatic carbocycles. The van der Waals surface area contributed by atoms with Crippen LogP contribution >= 0.6 is 0 Å². The first kappa shape index (κ1) is 17.6. The summed E-state index contributed by atoms with van der Waals surface area (Å²) in [5, 5.41) is 0. The van der Waals surface area contributed by atoms with Gasteiger partial charge in [-0.05, 0) is 24.8 Å². The molecule has 3 rings (SSSR count). The Bertz CT molecular complexity index is 526. The quantitative estimate of drug-likeness (QED) is 0.825. The Balaban J connectivity index is 1.55. The molecule has 0 amide bonds. The highest BCUT2D eigenvalue weighted by Gasteiger charge is 2.29. The minimum atomic E-state index is 0.816. The Morgan fingerprint density at radius 3 is 2.42 bits per heavy atom. The van der Waals surface area contributed by atoms with Crippen LogP contribution in [0.25, 0.3) is 0 Å². The number of nitrogens with zero attached hydrogens (tertiary/aromatic N) is 2. The summed E-state index contributed by atoms with van der Waals surface area (Å²) in [6, 6.07) is 6.96. The van der Waals surface area contributed by atoms with Crippen LogP contribution < -0.4 is 9.47 Å². The smallest absolute Gasteiger partial charge is 0.127 e. The van der Waals surface area contributed by atoms with Crippen molar-refractivity contribution >= 4 is 0 Å². The molecule has 2 atom stereocenters. The van der Waals surface area contributed by atoms with Crippen LogP contribution in [0, 0.1) is 5.92 Å². The average Bonchev–Trinajstić information content (AvgIpc) is 2.63. The van der Waals surface area contributed by atoms with Crippen molar-refractivity contribution in [1.29, 1.82) is 0 Å². The van der Waals surface area contributed by atoms with Crippen LogP contribution in [0.5, 0.6) is 11.5 Å². The van der Waals surface area contributed by atoms with Gasteiger partial charge in [-0.2, -0.15) is 0 Å². The number of hydrogen-bond donors (Lipinski definition) is 0. The van der Waals surface area contributed by atoms with Gasteiger partial charge in [-0.25, -0.2) is 0 Å². The summed E-state index contributed by atoms with van der Waals surface area (Å²) in [6.45, 7) is 8.11. The molecule has 1 saturated carbocycles. The Morgan fingerprint density at radius 1 is 1.00 bits per heavy atom. The van der Waals surface area contributed by atoms with Crippen molar-refractivity contribution in [3.8, 4) is 11.5 Å². The number of ether oxygens (including phenoxy) is 2. The molecular formula is C20H32N2O2. The molecule has 2 aliphatic rings. The lowest BCUT2D eigenvalue weighted by atomic mass is 9.84. The molecule has 0 N–H and O–H groups in total. The van der Waals surface area contributed by atoms with Gasteiger partial charge in [0.1, 0.15) is 11.5 Å². The molecule has 0 aromatic heterocycles. The molecule has 1 heterocycles. The van der Waals surface area contributed by atoms with Crippen molar-refractivity contribution in [2.75, 3.05) is 40.4 Å². The highest BCUT2D eigenvalue weighted by atomic mass is 16.5. The van der Waals surface area contributed by atoms with E-state index in [4.69, 9.17) is 9.47 Å². The van der Waals surface area contributed by atoms with Crippen molar-refractivity contribution in [3.05, 3.63) is 23.8 Å². The van der Waals surface area contributed by atoms with Gasteiger partial charge in [0.05, 0.1) is 14.2 Å². The van der Waals surface area contributed by atoms with Gasteiger partial charge in [-0.1, -0.05) is 25.8 Å². The summed E-state index contributed by atoms with van der Waals surface area (Å²) in [5.74, 6) is 2.65. The van der Waals surface area contributed by atoms with Crippen LogP contribution in [0.3, 0.4) is 0 Å². The van der Waals surface area contributed by atoms with Crippen molar-refractivity contribution in [2.45, 2.75) is 45.2 Å². The van der Waals surface area contributed by atoms with E-state index in [1.54, 1.807) is 14.2 Å². The molecular weight excluding hydrogens is 300 g/mol. The molecule has 1 saturated heterocycles. The summed E-state index contributed by atoms with van der Waals surface area (Å²) in [4.78, 5) is 5.29. The second-order valence-electron chi connectivity index (χ2n) is 7.32. The molecule has 4 heteroatoms. The van der Waals surface area contributed by atoms with E-state index in [2.05, 4.69) is 22.8 Å². The molecule has 0 spiro atoms. The molecule has 2 fully saturated rings. The summed E-state index contributed by atoms with van der Waals surface area (Å²) < 4.78 is 10.8. The summed E-state index contributed by atoms with van der Waals surface area (Å²) >= 11 is 0. The lowest BCUT2D eigenvalue weighted by molar-refractivity contribution is 0.0515. The molecule has 134 valence electrons. The standard InChI is InChI=1S/C20H32N2O2/c1-16-6-4-5-7-19(16)22-12-10-21(11-13-22)15-17-8-9-18(23-2)14-20(17)24-3/h8-9,14,16,19H,4-7,10-13,15H2,1-3H3. The van der Waals surface area contributed by atoms with E-state index in [1.165, 1.54) is 44.3 Å². The number of methoxy groups -OCH3 is 2. The first-order valence-electron chi connectivity index (χ1n) is 9.38. The summed E-state index contributed by atoms with van der Waals surface area (Å²) in [7, 11) is 3.43. The lowest BCUT2D eigenvalue weighted by Gasteiger charge is -2.43. The molecule has 4 nitrogen and oxygen atoms in total. The molecule has 1 aliphatic carbocycles. The van der Waals surface area contributed by atoms with Gasteiger partial charge >= 0.3 is 0 Å². The third-order valence-electron chi connectivity index (χ3n) is 5.83. The van der Waals surface area contributed by atoms with E-state index in [0.717, 1.165) is 43.1 Å². The molecule has 1 aromatic rings. The fourth-order valence-electron chi connectivity index (χ4n) is 4.32. The molecule has 0 radical (unpaired) electrons. The second kappa shape index (κ2) is 8.21. The first-order chi connectivity index (χ1) is 11.7. The maximum Gasteiger partial charge on any atom is 0.127 e. The largest absolute Gasteiger partial charge is 0.497 e. The van der Waals surface area contributed by atoms with Crippen LogP contribution in [0.2, 0.25) is 0 Å². The predicted octanol–water partition coefficient (Wildman–Crippen LogP) is 3.40. The molecule has 2 unspecified atom stereocenters. The van der Waals surface area contributed by atoms with Crippen LogP contribution in [-0.4, -0.2) is 56.2 Å². The van der Waals surface area contributed by atoms with Gasteiger partial charge in [0.15, 0.2) is 0 Å². The Morgan fingerprint density at radius 2 is 1.75 bits per heavy atom. The minimum absolute atomic E-state index is 0.816. The maximum atomic E-state index is 5.54. The molecule has 0 bridgehead atoms. The topological polar surface area (TPSA) is 24.9 Å².